The highest BCUT2D eigenvalue weighted by molar-refractivity contribution is 5.83. The van der Waals surface area contributed by atoms with Crippen LogP contribution < -0.4 is 5.32 Å². The van der Waals surface area contributed by atoms with Gasteiger partial charge in [-0.25, -0.2) is 4.98 Å². The maximum Gasteiger partial charge on any atom is 0.226 e. The number of carbonyl (C=O) groups is 1. The van der Waals surface area contributed by atoms with Gasteiger partial charge in [-0.3, -0.25) is 4.79 Å². The third kappa shape index (κ3) is 3.37. The molecule has 0 saturated heterocycles. The standard InChI is InChI=1S/C25H35N3O2/c1-4-6-8-19-18(3)21-16-26-17-28(21)20(19)15-22(29)24-9-7-10-25(13-11-24,14-12-24)23(30)27-5-2/h4,6,8,16-17,20,22,29H,3,5,7,9-15H2,1-2H3,(H,27,30)/b6-4-,19-8+. The SMILES string of the molecule is C=C1/C(=C\C=C/C)C(CC(O)C23CCCC(C(=O)NCC)(CC2)CC3)n2cncc21. The molecule has 2 heterocycles. The minimum absolute atomic E-state index is 0.0638. The highest BCUT2D eigenvalue weighted by atomic mass is 16.3. The fraction of sp³-hybridized carbons (Fsp3) is 0.600. The van der Waals surface area contributed by atoms with Gasteiger partial charge in [0.15, 0.2) is 0 Å². The van der Waals surface area contributed by atoms with Crippen molar-refractivity contribution in [2.24, 2.45) is 10.8 Å². The van der Waals surface area contributed by atoms with Crippen LogP contribution in [0, 0.1) is 10.8 Å². The molecule has 30 heavy (non-hydrogen) atoms. The average Bonchev–Trinajstić information content (AvgIpc) is 3.17. The molecule has 2 N–H and O–H groups in total. The van der Waals surface area contributed by atoms with Crippen molar-refractivity contribution >= 4 is 11.5 Å². The largest absolute Gasteiger partial charge is 0.392 e. The second-order valence-electron chi connectivity index (χ2n) is 9.44. The first kappa shape index (κ1) is 21.1. The average molecular weight is 410 g/mol. The van der Waals surface area contributed by atoms with Crippen LogP contribution in [0.15, 0.2) is 42.9 Å². The Balaban J connectivity index is 1.55. The van der Waals surface area contributed by atoms with E-state index in [4.69, 9.17) is 0 Å². The van der Waals surface area contributed by atoms with E-state index in [0.29, 0.717) is 13.0 Å². The Kier molecular flexibility index (Phi) is 5.75. The molecule has 2 bridgehead atoms. The maximum absolute atomic E-state index is 12.8. The van der Waals surface area contributed by atoms with Crippen LogP contribution in [-0.4, -0.2) is 33.2 Å². The van der Waals surface area contributed by atoms with E-state index >= 15 is 0 Å². The summed E-state index contributed by atoms with van der Waals surface area (Å²) in [6, 6.07) is 0.0638. The maximum atomic E-state index is 12.8. The number of aliphatic hydroxyl groups is 1. The summed E-state index contributed by atoms with van der Waals surface area (Å²) < 4.78 is 2.16. The zero-order valence-electron chi connectivity index (χ0n) is 18.4. The fourth-order valence-corrected chi connectivity index (χ4v) is 6.09. The van der Waals surface area contributed by atoms with E-state index < -0.39 is 6.10 Å². The van der Waals surface area contributed by atoms with Crippen molar-refractivity contribution in [3.8, 4) is 0 Å². The molecule has 2 unspecified atom stereocenters. The van der Waals surface area contributed by atoms with Gasteiger partial charge in [-0.1, -0.05) is 31.2 Å². The first-order valence-electron chi connectivity index (χ1n) is 11.5. The summed E-state index contributed by atoms with van der Waals surface area (Å²) >= 11 is 0. The topological polar surface area (TPSA) is 67.2 Å². The van der Waals surface area contributed by atoms with Crippen molar-refractivity contribution in [2.45, 2.75) is 77.4 Å². The third-order valence-electron chi connectivity index (χ3n) is 7.99. The molecule has 3 fully saturated rings. The zero-order chi connectivity index (χ0) is 21.4. The smallest absolute Gasteiger partial charge is 0.226 e. The normalized spacial score (nSPS) is 33.1. The van der Waals surface area contributed by atoms with Crippen LogP contribution in [0.4, 0.5) is 0 Å². The Morgan fingerprint density at radius 1 is 1.37 bits per heavy atom. The second-order valence-corrected chi connectivity index (χ2v) is 9.44. The number of aromatic nitrogens is 2. The summed E-state index contributed by atoms with van der Waals surface area (Å²) in [5, 5.41) is 14.6. The van der Waals surface area contributed by atoms with Gasteiger partial charge in [-0.15, -0.1) is 0 Å². The lowest BCUT2D eigenvalue weighted by molar-refractivity contribution is -0.135. The van der Waals surface area contributed by atoms with Crippen LogP contribution in [0.1, 0.15) is 76.9 Å². The van der Waals surface area contributed by atoms with E-state index in [2.05, 4.69) is 27.5 Å². The first-order valence-corrected chi connectivity index (χ1v) is 11.5. The van der Waals surface area contributed by atoms with Crippen molar-refractivity contribution in [1.82, 2.24) is 14.9 Å². The highest BCUT2D eigenvalue weighted by Gasteiger charge is 2.52. The predicted molar refractivity (Wildman–Crippen MR) is 120 cm³/mol. The summed E-state index contributed by atoms with van der Waals surface area (Å²) in [5.41, 5.74) is 2.91. The van der Waals surface area contributed by atoms with Crippen molar-refractivity contribution < 1.29 is 9.90 Å². The van der Waals surface area contributed by atoms with E-state index in [1.54, 1.807) is 0 Å². The van der Waals surface area contributed by atoms with Crippen molar-refractivity contribution in [3.63, 3.8) is 0 Å². The number of nitrogens with one attached hydrogen (secondary N) is 1. The van der Waals surface area contributed by atoms with Crippen LogP contribution in [0.5, 0.6) is 0 Å². The van der Waals surface area contributed by atoms with Crippen molar-refractivity contribution in [3.05, 3.63) is 48.6 Å². The summed E-state index contributed by atoms with van der Waals surface area (Å²) in [4.78, 5) is 17.1. The Morgan fingerprint density at radius 2 is 2.13 bits per heavy atom. The van der Waals surface area contributed by atoms with Crippen LogP contribution in [0.2, 0.25) is 0 Å². The van der Waals surface area contributed by atoms with Crippen LogP contribution >= 0.6 is 0 Å². The summed E-state index contributed by atoms with van der Waals surface area (Å²) in [6.45, 7) is 8.97. The lowest BCUT2D eigenvalue weighted by Crippen LogP contribution is -2.46. The molecule has 4 aliphatic rings. The fourth-order valence-electron chi connectivity index (χ4n) is 6.09. The molecule has 2 atom stereocenters. The van der Waals surface area contributed by atoms with Gasteiger partial charge >= 0.3 is 0 Å². The van der Waals surface area contributed by atoms with Crippen molar-refractivity contribution in [2.75, 3.05) is 6.54 Å². The summed E-state index contributed by atoms with van der Waals surface area (Å²) in [5.74, 6) is 0.224. The number of allylic oxidation sites excluding steroid dienone is 5. The van der Waals surface area contributed by atoms with Gasteiger partial charge in [0, 0.05) is 12.0 Å². The molecule has 1 amide bonds. The summed E-state index contributed by atoms with van der Waals surface area (Å²) in [6.07, 6.45) is 16.8. The first-order chi connectivity index (χ1) is 14.5. The quantitative estimate of drug-likeness (QED) is 0.723. The lowest BCUT2D eigenvalue weighted by atomic mass is 9.62. The molecule has 0 radical (unpaired) electrons. The van der Waals surface area contributed by atoms with Crippen LogP contribution in [0.3, 0.4) is 0 Å². The van der Waals surface area contributed by atoms with Gasteiger partial charge in [-0.05, 0) is 75.4 Å². The van der Waals surface area contributed by atoms with Gasteiger partial charge in [0.1, 0.15) is 0 Å². The Morgan fingerprint density at radius 3 is 2.83 bits per heavy atom. The Bertz CT molecular complexity index is 871. The molecular weight excluding hydrogens is 374 g/mol. The van der Waals surface area contributed by atoms with Gasteiger partial charge < -0.3 is 15.0 Å². The molecule has 1 aromatic heterocycles. The number of hydrogen-bond acceptors (Lipinski definition) is 3. The number of imidazole rings is 1. The van der Waals surface area contributed by atoms with Gasteiger partial charge in [0.05, 0.1) is 30.4 Å². The third-order valence-corrected chi connectivity index (χ3v) is 7.99. The number of amides is 1. The molecule has 5 rings (SSSR count). The molecule has 3 saturated carbocycles. The number of fused-ring (bicyclic) bond motifs is 5. The van der Waals surface area contributed by atoms with Crippen LogP contribution in [-0.2, 0) is 4.79 Å². The highest BCUT2D eigenvalue weighted by Crippen LogP contribution is 2.57. The Hall–Kier alpha value is -2.14. The summed E-state index contributed by atoms with van der Waals surface area (Å²) in [7, 11) is 0. The molecule has 0 spiro atoms. The molecule has 162 valence electrons. The molecular formula is C25H35N3O2. The minimum atomic E-state index is -0.400. The zero-order valence-corrected chi connectivity index (χ0v) is 18.4. The molecule has 5 heteroatoms. The van der Waals surface area contributed by atoms with E-state index in [1.807, 2.05) is 38.5 Å². The van der Waals surface area contributed by atoms with E-state index in [9.17, 15) is 9.90 Å². The molecule has 1 aliphatic heterocycles. The second kappa shape index (κ2) is 8.18. The number of rotatable bonds is 6. The van der Waals surface area contributed by atoms with Gasteiger partial charge in [-0.2, -0.15) is 0 Å². The molecule has 0 aromatic carbocycles. The minimum Gasteiger partial charge on any atom is -0.392 e. The van der Waals surface area contributed by atoms with Crippen molar-refractivity contribution in [1.29, 1.82) is 0 Å². The van der Waals surface area contributed by atoms with E-state index in [1.165, 1.54) is 5.57 Å². The predicted octanol–water partition coefficient (Wildman–Crippen LogP) is 4.57. The van der Waals surface area contributed by atoms with Gasteiger partial charge in [0.25, 0.3) is 0 Å². The van der Waals surface area contributed by atoms with Crippen LogP contribution in [0.25, 0.3) is 5.57 Å². The van der Waals surface area contributed by atoms with E-state index in [0.717, 1.165) is 56.2 Å². The monoisotopic (exact) mass is 409 g/mol. The van der Waals surface area contributed by atoms with E-state index in [-0.39, 0.29) is 22.8 Å². The molecule has 5 nitrogen and oxygen atoms in total. The number of hydrogen-bond donors (Lipinski definition) is 2. The van der Waals surface area contributed by atoms with Gasteiger partial charge in [0.2, 0.25) is 5.91 Å². The lowest BCUT2D eigenvalue weighted by Gasteiger charge is -2.45. The number of aliphatic hydroxyl groups excluding tert-OH is 1. The molecule has 3 aliphatic carbocycles. The Labute approximate surface area is 180 Å². The molecule has 1 aromatic rings. The number of carbonyl (C=O) groups excluding carboxylic acids is 1. The number of nitrogens with zero attached hydrogens (tertiary/aromatic N) is 2.